The minimum Gasteiger partial charge on any atom is -0.446 e. The van der Waals surface area contributed by atoms with E-state index in [2.05, 4.69) is 9.97 Å². The van der Waals surface area contributed by atoms with Crippen LogP contribution in [0.3, 0.4) is 0 Å². The van der Waals surface area contributed by atoms with Crippen molar-refractivity contribution in [3.63, 3.8) is 0 Å². The van der Waals surface area contributed by atoms with E-state index in [9.17, 15) is 0 Å². The summed E-state index contributed by atoms with van der Waals surface area (Å²) in [6, 6.07) is 5.51. The van der Waals surface area contributed by atoms with Gasteiger partial charge in [-0.15, -0.1) is 0 Å². The molecule has 0 aliphatic rings. The van der Waals surface area contributed by atoms with Crippen LogP contribution in [0.15, 0.2) is 28.8 Å². The van der Waals surface area contributed by atoms with Crippen LogP contribution in [0.1, 0.15) is 11.6 Å². The van der Waals surface area contributed by atoms with E-state index in [0.717, 1.165) is 11.6 Å². The number of nitrogen functional groups attached to an aromatic ring is 1. The number of hydrogen-bond acceptors (Lipinski definition) is 5. The summed E-state index contributed by atoms with van der Waals surface area (Å²) in [5.74, 6) is 2.84. The lowest BCUT2D eigenvalue weighted by atomic mass is 10.4. The van der Waals surface area contributed by atoms with E-state index in [1.807, 2.05) is 31.0 Å². The zero-order valence-corrected chi connectivity index (χ0v) is 9.34. The molecule has 0 bridgehead atoms. The molecule has 0 aliphatic carbocycles. The van der Waals surface area contributed by atoms with Crippen molar-refractivity contribution in [3.8, 4) is 0 Å². The van der Waals surface area contributed by atoms with Gasteiger partial charge >= 0.3 is 0 Å². The molecular formula is C11H14N4O. The van der Waals surface area contributed by atoms with Gasteiger partial charge in [0.2, 0.25) is 0 Å². The van der Waals surface area contributed by atoms with Crippen molar-refractivity contribution in [1.29, 1.82) is 0 Å². The Bertz CT molecular complexity index is 480. The van der Waals surface area contributed by atoms with Gasteiger partial charge in [0, 0.05) is 19.3 Å². The first-order valence-electron chi connectivity index (χ1n) is 5.00. The highest BCUT2D eigenvalue weighted by molar-refractivity contribution is 5.35. The van der Waals surface area contributed by atoms with E-state index in [0.29, 0.717) is 18.2 Å². The van der Waals surface area contributed by atoms with Gasteiger partial charge < -0.3 is 15.1 Å². The zero-order chi connectivity index (χ0) is 11.5. The Labute approximate surface area is 93.9 Å². The number of nitrogens with zero attached hydrogens (tertiary/aromatic N) is 3. The van der Waals surface area contributed by atoms with E-state index in [1.165, 1.54) is 0 Å². The Morgan fingerprint density at radius 2 is 2.19 bits per heavy atom. The van der Waals surface area contributed by atoms with E-state index < -0.39 is 0 Å². The summed E-state index contributed by atoms with van der Waals surface area (Å²) >= 11 is 0. The summed E-state index contributed by atoms with van der Waals surface area (Å²) in [7, 11) is 1.92. The maximum Gasteiger partial charge on any atom is 0.195 e. The van der Waals surface area contributed by atoms with Crippen LogP contribution in [0.2, 0.25) is 0 Å². The number of aromatic nitrogens is 2. The number of anilines is 2. The smallest absolute Gasteiger partial charge is 0.195 e. The zero-order valence-electron chi connectivity index (χ0n) is 9.34. The fraction of sp³-hybridized carbons (Fsp3) is 0.273. The maximum atomic E-state index is 5.58. The molecule has 0 aliphatic heterocycles. The number of rotatable bonds is 3. The van der Waals surface area contributed by atoms with Crippen molar-refractivity contribution in [3.05, 3.63) is 36.0 Å². The molecule has 0 unspecified atom stereocenters. The monoisotopic (exact) mass is 218 g/mol. The van der Waals surface area contributed by atoms with Crippen LogP contribution in [0.4, 0.5) is 11.7 Å². The first-order chi connectivity index (χ1) is 7.65. The van der Waals surface area contributed by atoms with Gasteiger partial charge in [-0.05, 0) is 19.1 Å². The van der Waals surface area contributed by atoms with Gasteiger partial charge in [0.15, 0.2) is 5.88 Å². The minimum absolute atomic E-state index is 0.481. The first kappa shape index (κ1) is 10.5. The molecule has 0 saturated heterocycles. The molecule has 0 atom stereocenters. The molecule has 2 N–H and O–H groups in total. The standard InChI is InChI=1S/C11H14N4O/c1-8-3-4-11(16-8)15(2)7-10-13-6-5-9(12)14-10/h3-6H,7H2,1-2H3,(H2,12,13,14). The van der Waals surface area contributed by atoms with Crippen molar-refractivity contribution in [2.45, 2.75) is 13.5 Å². The molecule has 0 fully saturated rings. The predicted molar refractivity (Wildman–Crippen MR) is 62.0 cm³/mol. The number of nitrogens with two attached hydrogens (primary N) is 1. The van der Waals surface area contributed by atoms with E-state index >= 15 is 0 Å². The fourth-order valence-corrected chi connectivity index (χ4v) is 1.41. The van der Waals surface area contributed by atoms with Gasteiger partial charge in [-0.3, -0.25) is 0 Å². The van der Waals surface area contributed by atoms with Gasteiger partial charge in [0.25, 0.3) is 0 Å². The summed E-state index contributed by atoms with van der Waals surface area (Å²) in [6.45, 7) is 2.48. The molecule has 0 saturated carbocycles. The average Bonchev–Trinajstić information content (AvgIpc) is 2.65. The van der Waals surface area contributed by atoms with E-state index in [1.54, 1.807) is 12.3 Å². The Hall–Kier alpha value is -2.04. The number of hydrogen-bond donors (Lipinski definition) is 1. The second kappa shape index (κ2) is 4.22. The molecule has 2 aromatic heterocycles. The third-order valence-electron chi connectivity index (χ3n) is 2.21. The van der Waals surface area contributed by atoms with Crippen molar-refractivity contribution < 1.29 is 4.42 Å². The van der Waals surface area contributed by atoms with E-state index in [-0.39, 0.29) is 0 Å². The topological polar surface area (TPSA) is 68.2 Å². The van der Waals surface area contributed by atoms with Crippen LogP contribution in [-0.4, -0.2) is 17.0 Å². The Morgan fingerprint density at radius 3 is 2.81 bits per heavy atom. The van der Waals surface area contributed by atoms with Crippen molar-refractivity contribution in [1.82, 2.24) is 9.97 Å². The van der Waals surface area contributed by atoms with Gasteiger partial charge in [-0.1, -0.05) is 0 Å². The van der Waals surface area contributed by atoms with Gasteiger partial charge in [0.05, 0.1) is 6.54 Å². The van der Waals surface area contributed by atoms with Crippen molar-refractivity contribution >= 4 is 11.7 Å². The summed E-state index contributed by atoms with van der Waals surface area (Å²) in [5, 5.41) is 0. The van der Waals surface area contributed by atoms with Crippen LogP contribution in [0, 0.1) is 6.92 Å². The molecule has 0 spiro atoms. The van der Waals surface area contributed by atoms with Gasteiger partial charge in [-0.25, -0.2) is 9.97 Å². The third-order valence-corrected chi connectivity index (χ3v) is 2.21. The Kier molecular flexibility index (Phi) is 2.76. The van der Waals surface area contributed by atoms with Crippen LogP contribution in [0.25, 0.3) is 0 Å². The minimum atomic E-state index is 0.481. The molecular weight excluding hydrogens is 204 g/mol. The second-order valence-electron chi connectivity index (χ2n) is 3.64. The molecule has 2 rings (SSSR count). The van der Waals surface area contributed by atoms with E-state index in [4.69, 9.17) is 10.2 Å². The van der Waals surface area contributed by atoms with Crippen molar-refractivity contribution in [2.24, 2.45) is 0 Å². The highest BCUT2D eigenvalue weighted by atomic mass is 16.4. The molecule has 2 heterocycles. The molecule has 84 valence electrons. The van der Waals surface area contributed by atoms with Crippen LogP contribution in [0.5, 0.6) is 0 Å². The average molecular weight is 218 g/mol. The maximum absolute atomic E-state index is 5.58. The van der Waals surface area contributed by atoms with Crippen molar-refractivity contribution in [2.75, 3.05) is 17.7 Å². The molecule has 5 nitrogen and oxygen atoms in total. The molecule has 0 radical (unpaired) electrons. The highest BCUT2D eigenvalue weighted by Crippen LogP contribution is 2.17. The second-order valence-corrected chi connectivity index (χ2v) is 3.64. The lowest BCUT2D eigenvalue weighted by molar-refractivity contribution is 0.523. The summed E-state index contributed by atoms with van der Waals surface area (Å²) in [5.41, 5.74) is 5.58. The number of aryl methyl sites for hydroxylation is 1. The lowest BCUT2D eigenvalue weighted by Crippen LogP contribution is -2.17. The predicted octanol–water partition coefficient (Wildman–Crippen LogP) is 1.60. The van der Waals surface area contributed by atoms with Crippen LogP contribution in [-0.2, 0) is 6.54 Å². The SMILES string of the molecule is Cc1ccc(N(C)Cc2nccc(N)n2)o1. The van der Waals surface area contributed by atoms with Gasteiger partial charge in [-0.2, -0.15) is 0 Å². The largest absolute Gasteiger partial charge is 0.446 e. The van der Waals surface area contributed by atoms with Crippen LogP contribution >= 0.6 is 0 Å². The summed E-state index contributed by atoms with van der Waals surface area (Å²) < 4.78 is 5.49. The van der Waals surface area contributed by atoms with Gasteiger partial charge in [0.1, 0.15) is 17.4 Å². The number of furan rings is 1. The Morgan fingerprint density at radius 1 is 1.38 bits per heavy atom. The third kappa shape index (κ3) is 2.31. The highest BCUT2D eigenvalue weighted by Gasteiger charge is 2.07. The molecule has 5 heteroatoms. The summed E-state index contributed by atoms with van der Waals surface area (Å²) in [4.78, 5) is 10.2. The summed E-state index contributed by atoms with van der Waals surface area (Å²) in [6.07, 6.45) is 1.65. The lowest BCUT2D eigenvalue weighted by Gasteiger charge is -2.14. The normalized spacial score (nSPS) is 10.4. The first-order valence-corrected chi connectivity index (χ1v) is 5.00. The quantitative estimate of drug-likeness (QED) is 0.847. The molecule has 2 aromatic rings. The molecule has 0 amide bonds. The molecule has 16 heavy (non-hydrogen) atoms. The Balaban J connectivity index is 2.10. The van der Waals surface area contributed by atoms with Crippen LogP contribution < -0.4 is 10.6 Å². The fourth-order valence-electron chi connectivity index (χ4n) is 1.41. The molecule has 0 aromatic carbocycles.